The molecule has 0 aromatic heterocycles. The van der Waals surface area contributed by atoms with Gasteiger partial charge in [0.05, 0.1) is 6.42 Å². The van der Waals surface area contributed by atoms with E-state index in [1.165, 1.54) is 6.42 Å². The second-order valence-electron chi connectivity index (χ2n) is 8.32. The summed E-state index contributed by atoms with van der Waals surface area (Å²) in [5, 5.41) is 8.29. The lowest BCUT2D eigenvalue weighted by molar-refractivity contribution is -0.129. The fourth-order valence-corrected chi connectivity index (χ4v) is 4.16. The fourth-order valence-electron chi connectivity index (χ4n) is 4.16. The molecule has 2 N–H and O–H groups in total. The summed E-state index contributed by atoms with van der Waals surface area (Å²) < 4.78 is 0. The van der Waals surface area contributed by atoms with Crippen molar-refractivity contribution < 1.29 is 9.59 Å². The molecule has 5 nitrogen and oxygen atoms in total. The molecule has 0 spiro atoms. The summed E-state index contributed by atoms with van der Waals surface area (Å²) >= 11 is 0. The third-order valence-electron chi connectivity index (χ3n) is 5.86. The summed E-state index contributed by atoms with van der Waals surface area (Å²) in [7, 11) is 0. The van der Waals surface area contributed by atoms with Crippen LogP contribution >= 0.6 is 0 Å². The summed E-state index contributed by atoms with van der Waals surface area (Å²) in [6, 6.07) is 14.0. The van der Waals surface area contributed by atoms with Crippen molar-refractivity contribution in [2.75, 3.05) is 19.6 Å². The Balaban J connectivity index is 1.57. The van der Waals surface area contributed by atoms with E-state index >= 15 is 0 Å². The van der Waals surface area contributed by atoms with E-state index in [9.17, 15) is 9.59 Å². The van der Waals surface area contributed by atoms with E-state index < -0.39 is 6.04 Å². The molecule has 1 aliphatic rings. The zero-order valence-electron chi connectivity index (χ0n) is 17.8. The summed E-state index contributed by atoms with van der Waals surface area (Å²) in [6.45, 7) is 8.85. The van der Waals surface area contributed by atoms with Gasteiger partial charge in [-0.1, -0.05) is 63.2 Å². The zero-order valence-corrected chi connectivity index (χ0v) is 17.8. The molecular formula is C24H33N3O2. The molecule has 3 rings (SSSR count). The van der Waals surface area contributed by atoms with Crippen LogP contribution in [-0.4, -0.2) is 48.4 Å². The normalized spacial score (nSPS) is 18.1. The molecule has 0 saturated carbocycles. The molecule has 1 saturated heterocycles. The predicted molar refractivity (Wildman–Crippen MR) is 118 cm³/mol. The van der Waals surface area contributed by atoms with E-state index in [1.807, 2.05) is 50.2 Å². The highest BCUT2D eigenvalue weighted by atomic mass is 16.2. The molecule has 0 aliphatic carbocycles. The molecule has 0 radical (unpaired) electrons. The Bertz CT molecular complexity index is 849. The van der Waals surface area contributed by atoms with Crippen molar-refractivity contribution in [3.05, 3.63) is 48.0 Å². The maximum absolute atomic E-state index is 12.8. The van der Waals surface area contributed by atoms with Gasteiger partial charge in [-0.3, -0.25) is 14.5 Å². The lowest BCUT2D eigenvalue weighted by atomic mass is 10.0. The van der Waals surface area contributed by atoms with Crippen LogP contribution in [0.1, 0.15) is 39.2 Å². The highest BCUT2D eigenvalue weighted by Crippen LogP contribution is 2.17. The summed E-state index contributed by atoms with van der Waals surface area (Å²) in [5.41, 5.74) is 0.952. The van der Waals surface area contributed by atoms with Gasteiger partial charge in [-0.05, 0) is 48.2 Å². The number of rotatable bonds is 8. The quantitative estimate of drug-likeness (QED) is 0.722. The van der Waals surface area contributed by atoms with Crippen LogP contribution in [0.2, 0.25) is 0 Å². The second kappa shape index (κ2) is 9.88. The fraction of sp³-hybridized carbons (Fsp3) is 0.500. The Morgan fingerprint density at radius 1 is 1.14 bits per heavy atom. The Morgan fingerprint density at radius 3 is 2.62 bits per heavy atom. The molecule has 2 aromatic rings. The molecular weight excluding hydrogens is 362 g/mol. The standard InChI is InChI=1S/C24H33N3O2/c1-4-27-13-7-10-21(27)16-25-24(29)23(17(2)3)26-22(28)15-18-11-12-19-8-5-6-9-20(19)14-18/h5-6,8-9,11-12,14,17,21,23H,4,7,10,13,15-16H2,1-3H3,(H,25,29)(H,26,28). The Labute approximate surface area is 173 Å². The van der Waals surface area contributed by atoms with Gasteiger partial charge in [-0.15, -0.1) is 0 Å². The number of fused-ring (bicyclic) bond motifs is 1. The minimum Gasteiger partial charge on any atom is -0.353 e. The number of hydrogen-bond donors (Lipinski definition) is 2. The number of carbonyl (C=O) groups excluding carboxylic acids is 2. The first-order valence-electron chi connectivity index (χ1n) is 10.8. The lowest BCUT2D eigenvalue weighted by Crippen LogP contribution is -2.52. The van der Waals surface area contributed by atoms with Gasteiger partial charge in [0.2, 0.25) is 11.8 Å². The number of nitrogens with one attached hydrogen (secondary N) is 2. The molecule has 29 heavy (non-hydrogen) atoms. The monoisotopic (exact) mass is 395 g/mol. The number of amides is 2. The van der Waals surface area contributed by atoms with Crippen LogP contribution < -0.4 is 10.6 Å². The van der Waals surface area contributed by atoms with Crippen molar-refractivity contribution in [2.24, 2.45) is 5.92 Å². The van der Waals surface area contributed by atoms with Crippen LogP contribution in [0.4, 0.5) is 0 Å². The van der Waals surface area contributed by atoms with Crippen molar-refractivity contribution in [3.8, 4) is 0 Å². The lowest BCUT2D eigenvalue weighted by Gasteiger charge is -2.26. The first-order valence-corrected chi connectivity index (χ1v) is 10.8. The number of hydrogen-bond acceptors (Lipinski definition) is 3. The van der Waals surface area contributed by atoms with Crippen LogP contribution in [0.15, 0.2) is 42.5 Å². The third kappa shape index (κ3) is 5.57. The molecule has 1 aliphatic heterocycles. The second-order valence-corrected chi connectivity index (χ2v) is 8.32. The average Bonchev–Trinajstić information content (AvgIpc) is 3.17. The van der Waals surface area contributed by atoms with Crippen LogP contribution in [-0.2, 0) is 16.0 Å². The Hall–Kier alpha value is -2.40. The summed E-state index contributed by atoms with van der Waals surface area (Å²) in [4.78, 5) is 27.8. The van der Waals surface area contributed by atoms with E-state index in [-0.39, 0.29) is 24.2 Å². The van der Waals surface area contributed by atoms with E-state index in [2.05, 4.69) is 28.5 Å². The number of carbonyl (C=O) groups is 2. The molecule has 2 aromatic carbocycles. The topological polar surface area (TPSA) is 61.4 Å². The van der Waals surface area contributed by atoms with Gasteiger partial charge in [-0.25, -0.2) is 0 Å². The molecule has 1 fully saturated rings. The van der Waals surface area contributed by atoms with Gasteiger partial charge in [-0.2, -0.15) is 0 Å². The van der Waals surface area contributed by atoms with Gasteiger partial charge in [0, 0.05) is 12.6 Å². The maximum atomic E-state index is 12.8. The Morgan fingerprint density at radius 2 is 1.90 bits per heavy atom. The van der Waals surface area contributed by atoms with Gasteiger partial charge in [0.1, 0.15) is 6.04 Å². The molecule has 2 atom stereocenters. The van der Waals surface area contributed by atoms with Gasteiger partial charge < -0.3 is 10.6 Å². The molecule has 0 bridgehead atoms. The van der Waals surface area contributed by atoms with Crippen LogP contribution in [0, 0.1) is 5.92 Å². The largest absolute Gasteiger partial charge is 0.353 e. The van der Waals surface area contributed by atoms with Crippen molar-refractivity contribution in [2.45, 2.75) is 52.1 Å². The minimum atomic E-state index is -0.514. The molecule has 1 heterocycles. The first kappa shape index (κ1) is 21.3. The molecule has 2 unspecified atom stereocenters. The highest BCUT2D eigenvalue weighted by Gasteiger charge is 2.27. The smallest absolute Gasteiger partial charge is 0.242 e. The number of benzene rings is 2. The van der Waals surface area contributed by atoms with E-state index in [0.717, 1.165) is 35.8 Å². The average molecular weight is 396 g/mol. The van der Waals surface area contributed by atoms with E-state index in [4.69, 9.17) is 0 Å². The Kier molecular flexibility index (Phi) is 7.26. The molecule has 156 valence electrons. The van der Waals surface area contributed by atoms with Gasteiger partial charge in [0.25, 0.3) is 0 Å². The van der Waals surface area contributed by atoms with Crippen molar-refractivity contribution in [1.29, 1.82) is 0 Å². The van der Waals surface area contributed by atoms with E-state index in [0.29, 0.717) is 12.6 Å². The molecule has 2 amide bonds. The van der Waals surface area contributed by atoms with Crippen molar-refractivity contribution in [3.63, 3.8) is 0 Å². The SMILES string of the molecule is CCN1CCCC1CNC(=O)C(NC(=O)Cc1ccc2ccccc2c1)C(C)C. The van der Waals surface area contributed by atoms with Crippen molar-refractivity contribution >= 4 is 22.6 Å². The van der Waals surface area contributed by atoms with Crippen LogP contribution in [0.3, 0.4) is 0 Å². The van der Waals surface area contributed by atoms with Gasteiger partial charge >= 0.3 is 0 Å². The van der Waals surface area contributed by atoms with Crippen LogP contribution in [0.5, 0.6) is 0 Å². The third-order valence-corrected chi connectivity index (χ3v) is 5.86. The van der Waals surface area contributed by atoms with E-state index in [1.54, 1.807) is 0 Å². The summed E-state index contributed by atoms with van der Waals surface area (Å²) in [6.07, 6.45) is 2.58. The maximum Gasteiger partial charge on any atom is 0.242 e. The molecule has 5 heteroatoms. The van der Waals surface area contributed by atoms with Gasteiger partial charge in [0.15, 0.2) is 0 Å². The number of likely N-dealkylation sites (tertiary alicyclic amines) is 1. The predicted octanol–water partition coefficient (Wildman–Crippen LogP) is 3.12. The first-order chi connectivity index (χ1) is 14.0. The van der Waals surface area contributed by atoms with Crippen molar-refractivity contribution in [1.82, 2.24) is 15.5 Å². The zero-order chi connectivity index (χ0) is 20.8. The van der Waals surface area contributed by atoms with Crippen LogP contribution in [0.25, 0.3) is 10.8 Å². The number of likely N-dealkylation sites (N-methyl/N-ethyl adjacent to an activating group) is 1. The minimum absolute atomic E-state index is 0.0291. The summed E-state index contributed by atoms with van der Waals surface area (Å²) in [5.74, 6) is -0.179. The highest BCUT2D eigenvalue weighted by molar-refractivity contribution is 5.89. The number of nitrogens with zero attached hydrogens (tertiary/aromatic N) is 1.